The van der Waals surface area contributed by atoms with E-state index in [1.807, 2.05) is 13.1 Å². The van der Waals surface area contributed by atoms with Crippen LogP contribution in [0.2, 0.25) is 0 Å². The minimum absolute atomic E-state index is 0.169. The van der Waals surface area contributed by atoms with Gasteiger partial charge < -0.3 is 9.73 Å². The molecule has 104 valence electrons. The van der Waals surface area contributed by atoms with E-state index in [0.29, 0.717) is 0 Å². The molecule has 0 aliphatic rings. The minimum atomic E-state index is 0.169. The fourth-order valence-corrected chi connectivity index (χ4v) is 2.44. The van der Waals surface area contributed by atoms with Gasteiger partial charge in [0, 0.05) is 18.2 Å². The van der Waals surface area contributed by atoms with E-state index in [2.05, 4.69) is 36.1 Å². The van der Waals surface area contributed by atoms with E-state index < -0.39 is 0 Å². The number of aromatic nitrogens is 2. The Morgan fingerprint density at radius 2 is 2.05 bits per heavy atom. The lowest BCUT2D eigenvalue weighted by atomic mass is 10.1. The van der Waals surface area contributed by atoms with Crippen LogP contribution in [-0.2, 0) is 6.42 Å². The highest BCUT2D eigenvalue weighted by Gasteiger charge is 2.10. The lowest BCUT2D eigenvalue weighted by Gasteiger charge is -2.19. The number of nitrogens with zero attached hydrogens (tertiary/aromatic N) is 2. The van der Waals surface area contributed by atoms with Crippen LogP contribution in [0.1, 0.15) is 38.1 Å². The molecule has 2 aromatic rings. The Morgan fingerprint density at radius 3 is 2.68 bits per heavy atom. The van der Waals surface area contributed by atoms with Crippen molar-refractivity contribution in [3.05, 3.63) is 23.3 Å². The van der Waals surface area contributed by atoms with E-state index in [9.17, 15) is 0 Å². The summed E-state index contributed by atoms with van der Waals surface area (Å²) >= 11 is 1.63. The molecule has 1 N–H and O–H groups in total. The van der Waals surface area contributed by atoms with Crippen molar-refractivity contribution >= 4 is 11.3 Å². The Bertz CT molecular complexity index is 525. The number of hydrogen-bond donors (Lipinski definition) is 1. The highest BCUT2D eigenvalue weighted by Crippen LogP contribution is 2.26. The molecular formula is C14H21N3OS. The highest BCUT2D eigenvalue weighted by atomic mass is 32.1. The van der Waals surface area contributed by atoms with Crippen molar-refractivity contribution in [1.29, 1.82) is 0 Å². The van der Waals surface area contributed by atoms with E-state index >= 15 is 0 Å². The van der Waals surface area contributed by atoms with Gasteiger partial charge in [0.1, 0.15) is 0 Å². The second-order valence-corrected chi connectivity index (χ2v) is 6.88. The summed E-state index contributed by atoms with van der Waals surface area (Å²) in [4.78, 5) is 9.59. The van der Waals surface area contributed by atoms with E-state index in [1.165, 1.54) is 0 Å². The van der Waals surface area contributed by atoms with Crippen LogP contribution in [0.25, 0.3) is 10.6 Å². The van der Waals surface area contributed by atoms with Gasteiger partial charge in [-0.25, -0.2) is 9.97 Å². The average Bonchev–Trinajstić information content (AvgIpc) is 2.92. The fraction of sp³-hybridized carbons (Fsp3) is 0.571. The molecule has 0 fully saturated rings. The molecule has 2 rings (SSSR count). The molecule has 0 bridgehead atoms. The van der Waals surface area contributed by atoms with Gasteiger partial charge in [0.25, 0.3) is 0 Å². The number of nitrogens with one attached hydrogen (secondary N) is 1. The second kappa shape index (κ2) is 5.84. The number of oxazole rings is 1. The predicted octanol–water partition coefficient (Wildman–Crippen LogP) is 3.43. The van der Waals surface area contributed by atoms with Gasteiger partial charge in [0.2, 0.25) is 0 Å². The summed E-state index contributed by atoms with van der Waals surface area (Å²) in [6, 6.07) is 0. The third-order valence-electron chi connectivity index (χ3n) is 2.64. The Kier molecular flexibility index (Phi) is 4.37. The summed E-state index contributed by atoms with van der Waals surface area (Å²) in [5.74, 6) is 1.63. The van der Waals surface area contributed by atoms with Gasteiger partial charge in [-0.2, -0.15) is 0 Å². The van der Waals surface area contributed by atoms with E-state index in [-0.39, 0.29) is 5.54 Å². The number of thiazole rings is 1. The van der Waals surface area contributed by atoms with Crippen LogP contribution < -0.4 is 5.32 Å². The molecule has 0 aliphatic heterocycles. The standard InChI is InChI=1S/C14H21N3OS/c1-10-15-9-12(19-10)11-8-16-13(18-11)6-5-7-17-14(2,3)4/h8-9,17H,5-7H2,1-4H3. The first-order valence-electron chi connectivity index (χ1n) is 6.56. The predicted molar refractivity (Wildman–Crippen MR) is 78.4 cm³/mol. The smallest absolute Gasteiger partial charge is 0.194 e. The van der Waals surface area contributed by atoms with Crippen LogP contribution in [0.15, 0.2) is 16.8 Å². The largest absolute Gasteiger partial charge is 0.440 e. The molecule has 2 heterocycles. The lowest BCUT2D eigenvalue weighted by molar-refractivity contribution is 0.413. The topological polar surface area (TPSA) is 51.0 Å². The van der Waals surface area contributed by atoms with E-state index in [0.717, 1.165) is 40.9 Å². The molecule has 0 unspecified atom stereocenters. The first kappa shape index (κ1) is 14.2. The molecule has 0 spiro atoms. The first-order valence-corrected chi connectivity index (χ1v) is 7.38. The molecular weight excluding hydrogens is 258 g/mol. The minimum Gasteiger partial charge on any atom is -0.440 e. The quantitative estimate of drug-likeness (QED) is 0.852. The zero-order valence-corrected chi connectivity index (χ0v) is 12.8. The van der Waals surface area contributed by atoms with Gasteiger partial charge >= 0.3 is 0 Å². The molecule has 0 aliphatic carbocycles. The van der Waals surface area contributed by atoms with Gasteiger partial charge in [-0.05, 0) is 40.7 Å². The number of aryl methyl sites for hydroxylation is 2. The third kappa shape index (κ3) is 4.44. The zero-order valence-electron chi connectivity index (χ0n) is 12.0. The summed E-state index contributed by atoms with van der Waals surface area (Å²) in [5, 5.41) is 4.50. The van der Waals surface area contributed by atoms with Crippen LogP contribution in [0.4, 0.5) is 0 Å². The Morgan fingerprint density at radius 1 is 1.26 bits per heavy atom. The van der Waals surface area contributed by atoms with Gasteiger partial charge in [-0.1, -0.05) is 0 Å². The van der Waals surface area contributed by atoms with Crippen molar-refractivity contribution in [3.63, 3.8) is 0 Å². The summed E-state index contributed by atoms with van der Waals surface area (Å²) < 4.78 is 5.75. The van der Waals surface area contributed by atoms with Gasteiger partial charge in [0.15, 0.2) is 11.7 Å². The summed E-state index contributed by atoms with van der Waals surface area (Å²) in [7, 11) is 0. The van der Waals surface area contributed by atoms with Crippen molar-refractivity contribution in [3.8, 4) is 10.6 Å². The Balaban J connectivity index is 1.85. The van der Waals surface area contributed by atoms with Crippen LogP contribution in [0.3, 0.4) is 0 Å². The third-order valence-corrected chi connectivity index (χ3v) is 3.57. The van der Waals surface area contributed by atoms with Crippen molar-refractivity contribution in [2.75, 3.05) is 6.54 Å². The molecule has 5 heteroatoms. The van der Waals surface area contributed by atoms with Gasteiger partial charge in [0.05, 0.1) is 16.1 Å². The maximum Gasteiger partial charge on any atom is 0.194 e. The fourth-order valence-electron chi connectivity index (χ4n) is 1.72. The molecule has 0 saturated carbocycles. The highest BCUT2D eigenvalue weighted by molar-refractivity contribution is 7.14. The zero-order chi connectivity index (χ0) is 13.9. The summed E-state index contributed by atoms with van der Waals surface area (Å²) in [6.07, 6.45) is 5.52. The van der Waals surface area contributed by atoms with E-state index in [4.69, 9.17) is 4.42 Å². The normalized spacial score (nSPS) is 12.0. The average molecular weight is 279 g/mol. The molecule has 4 nitrogen and oxygen atoms in total. The summed E-state index contributed by atoms with van der Waals surface area (Å²) in [5.41, 5.74) is 0.169. The maximum atomic E-state index is 5.75. The number of rotatable bonds is 5. The molecule has 0 radical (unpaired) electrons. The van der Waals surface area contributed by atoms with E-state index in [1.54, 1.807) is 17.5 Å². The van der Waals surface area contributed by atoms with Crippen LogP contribution >= 0.6 is 11.3 Å². The second-order valence-electron chi connectivity index (χ2n) is 5.64. The molecule has 0 aromatic carbocycles. The number of hydrogen-bond acceptors (Lipinski definition) is 5. The van der Waals surface area contributed by atoms with Crippen molar-refractivity contribution in [2.45, 2.75) is 46.1 Å². The van der Waals surface area contributed by atoms with Gasteiger partial charge in [-0.15, -0.1) is 11.3 Å². The summed E-state index contributed by atoms with van der Waals surface area (Å²) in [6.45, 7) is 9.47. The monoisotopic (exact) mass is 279 g/mol. The molecule has 0 amide bonds. The molecule has 2 aromatic heterocycles. The molecule has 19 heavy (non-hydrogen) atoms. The first-order chi connectivity index (χ1) is 8.94. The van der Waals surface area contributed by atoms with Crippen LogP contribution in [-0.4, -0.2) is 22.1 Å². The Hall–Kier alpha value is -1.20. The maximum absolute atomic E-state index is 5.75. The molecule has 0 saturated heterocycles. The lowest BCUT2D eigenvalue weighted by Crippen LogP contribution is -2.36. The van der Waals surface area contributed by atoms with Gasteiger partial charge in [-0.3, -0.25) is 0 Å². The van der Waals surface area contributed by atoms with Crippen molar-refractivity contribution < 1.29 is 4.42 Å². The van der Waals surface area contributed by atoms with Crippen molar-refractivity contribution in [1.82, 2.24) is 15.3 Å². The van der Waals surface area contributed by atoms with Crippen LogP contribution in [0.5, 0.6) is 0 Å². The van der Waals surface area contributed by atoms with Crippen molar-refractivity contribution in [2.24, 2.45) is 0 Å². The Labute approximate surface area is 118 Å². The molecule has 0 atom stereocenters. The van der Waals surface area contributed by atoms with Crippen LogP contribution in [0, 0.1) is 6.92 Å². The SMILES string of the molecule is Cc1ncc(-c2cnc(CCCNC(C)(C)C)o2)s1.